The highest BCUT2D eigenvalue weighted by Gasteiger charge is 2.48. The highest BCUT2D eigenvalue weighted by Crippen LogP contribution is 2.49. The number of nitrogens with zero attached hydrogens (tertiary/aromatic N) is 4. The third-order valence-corrected chi connectivity index (χ3v) is 19.3. The quantitative estimate of drug-likeness (QED) is 0.0272. The summed E-state index contributed by atoms with van der Waals surface area (Å²) in [6.07, 6.45) is 0.263. The van der Waals surface area contributed by atoms with Crippen molar-refractivity contribution in [3.63, 3.8) is 0 Å². The number of sulfone groups is 1. The van der Waals surface area contributed by atoms with Crippen LogP contribution >= 0.6 is 31.0 Å². The lowest BCUT2D eigenvalue weighted by atomic mass is 9.98. The Kier molecular flexibility index (Phi) is 20.6. The molecule has 24 heteroatoms. The molecule has 16 nitrogen and oxygen atoms in total. The average molecular weight is 1180 g/mol. The van der Waals surface area contributed by atoms with Crippen molar-refractivity contribution in [2.75, 3.05) is 94.6 Å². The number of rotatable bonds is 23. The number of esters is 1. The molecule has 2 fully saturated rings. The molecule has 2 atom stereocenters. The van der Waals surface area contributed by atoms with E-state index >= 15 is 0 Å². The molecule has 1 amide bonds. The van der Waals surface area contributed by atoms with Crippen LogP contribution < -0.4 is 14.9 Å². The molecule has 0 radical (unpaired) electrons. The molecule has 7 rings (SSSR count). The lowest BCUT2D eigenvalue weighted by Gasteiger charge is -2.36. The Balaban J connectivity index is 0.989. The number of hydrogen-bond donors (Lipinski definition) is 2. The predicted molar refractivity (Wildman–Crippen MR) is 298 cm³/mol. The standard InChI is InChI=1S/C54H65ClF3N6O10PS3/c1-5-73-75(67,74-39-72-52(66)53(2,3)4)38-63-29-27-61(28-30-63)26-25-44(37-76-46-12-7-6-8-13-46)59-49-24-23-47(35-50(49)77(68,69)54(56,57)58)78(70,71)60-51(65)41-17-21-45(22-18-41)64-33-31-62(32-34-64)36-42-11-9-10-14-48(42)40-15-19-43(55)20-16-40/h6-24,35,44,59H,5,25-34,36-39H2,1-4H3,(H,60,65). The van der Waals surface area contributed by atoms with Crippen LogP contribution in [0.25, 0.3) is 11.1 Å². The molecule has 78 heavy (non-hydrogen) atoms. The van der Waals surface area contributed by atoms with Crippen LogP contribution in [0.1, 0.15) is 50.0 Å². The lowest BCUT2D eigenvalue weighted by Crippen LogP contribution is -2.47. The van der Waals surface area contributed by atoms with Crippen LogP contribution in [0.2, 0.25) is 5.02 Å². The second-order valence-electron chi connectivity index (χ2n) is 19.8. The predicted octanol–water partition coefficient (Wildman–Crippen LogP) is 10.1. The van der Waals surface area contributed by atoms with Gasteiger partial charge in [0.15, 0.2) is 0 Å². The fraction of sp³-hybridized carbons (Fsp3) is 0.407. The molecule has 2 aliphatic rings. The molecular weight excluding hydrogens is 1110 g/mol. The number of amides is 1. The van der Waals surface area contributed by atoms with Crippen molar-refractivity contribution >= 4 is 74.1 Å². The van der Waals surface area contributed by atoms with Crippen molar-refractivity contribution in [1.82, 2.24) is 19.4 Å². The van der Waals surface area contributed by atoms with Gasteiger partial charge in [-0.2, -0.15) is 13.2 Å². The van der Waals surface area contributed by atoms with Gasteiger partial charge in [-0.05, 0) is 118 Å². The number of thioether (sulfide) groups is 1. The maximum atomic E-state index is 14.4. The normalized spacial score (nSPS) is 16.5. The zero-order valence-corrected chi connectivity index (χ0v) is 47.9. The van der Waals surface area contributed by atoms with Crippen LogP contribution in [0.4, 0.5) is 24.5 Å². The third kappa shape index (κ3) is 16.5. The average Bonchev–Trinajstić information content (AvgIpc) is 3.41. The number of halogens is 4. The van der Waals surface area contributed by atoms with Gasteiger partial charge in [-0.3, -0.25) is 28.5 Å². The molecule has 2 unspecified atom stereocenters. The Labute approximate surface area is 464 Å². The number of ether oxygens (including phenoxy) is 1. The maximum absolute atomic E-state index is 14.4. The summed E-state index contributed by atoms with van der Waals surface area (Å²) in [6, 6.07) is 33.1. The van der Waals surface area contributed by atoms with E-state index in [0.717, 1.165) is 53.5 Å². The largest absolute Gasteiger partial charge is 0.501 e. The van der Waals surface area contributed by atoms with E-state index in [-0.39, 0.29) is 24.2 Å². The van der Waals surface area contributed by atoms with Crippen molar-refractivity contribution in [2.45, 2.75) is 66.9 Å². The van der Waals surface area contributed by atoms with Gasteiger partial charge in [-0.15, -0.1) is 11.8 Å². The van der Waals surface area contributed by atoms with E-state index in [1.807, 2.05) is 76.4 Å². The Hall–Kier alpha value is -5.00. The molecule has 0 aliphatic carbocycles. The van der Waals surface area contributed by atoms with Gasteiger partial charge >= 0.3 is 19.1 Å². The molecule has 0 spiro atoms. The number of alkyl halides is 3. The molecule has 2 heterocycles. The smallest absolute Gasteiger partial charge is 0.438 e. The summed E-state index contributed by atoms with van der Waals surface area (Å²) in [7, 11) is -14.8. The number of benzene rings is 5. The summed E-state index contributed by atoms with van der Waals surface area (Å²) in [5.74, 6) is -1.32. The van der Waals surface area contributed by atoms with Gasteiger partial charge in [0, 0.05) is 98.4 Å². The molecule has 5 aromatic carbocycles. The van der Waals surface area contributed by atoms with Crippen LogP contribution in [-0.4, -0.2) is 139 Å². The van der Waals surface area contributed by atoms with Crippen LogP contribution in [0.15, 0.2) is 136 Å². The van der Waals surface area contributed by atoms with E-state index in [1.54, 1.807) is 39.8 Å². The first kappa shape index (κ1) is 60.6. The van der Waals surface area contributed by atoms with Crippen molar-refractivity contribution in [3.8, 4) is 11.1 Å². The van der Waals surface area contributed by atoms with Crippen LogP contribution in [0, 0.1) is 5.41 Å². The maximum Gasteiger partial charge on any atom is 0.501 e. The van der Waals surface area contributed by atoms with Gasteiger partial charge in [0.05, 0.1) is 22.6 Å². The molecule has 2 N–H and O–H groups in total. The van der Waals surface area contributed by atoms with E-state index in [2.05, 4.69) is 32.1 Å². The molecular formula is C54H65ClF3N6O10PS3. The number of carbonyl (C=O) groups excluding carboxylic acids is 2. The first-order chi connectivity index (χ1) is 36.9. The van der Waals surface area contributed by atoms with E-state index in [0.29, 0.717) is 63.3 Å². The zero-order valence-electron chi connectivity index (χ0n) is 43.8. The zero-order chi connectivity index (χ0) is 56.3. The van der Waals surface area contributed by atoms with Crippen LogP contribution in [-0.2, 0) is 49.5 Å². The Morgan fingerprint density at radius 3 is 2.04 bits per heavy atom. The molecule has 2 saturated heterocycles. The SMILES string of the molecule is CCOP(=O)(CN1CCN(CCC(CSc2ccccc2)Nc2ccc(S(=O)(=O)NC(=O)c3ccc(N4CCN(Cc5ccccc5-c5ccc(Cl)cc5)CC4)cc3)cc2S(=O)(=O)C(F)(F)F)CC1)OCOC(=O)C(C)(C)C. The number of carbonyl (C=O) groups is 2. The highest BCUT2D eigenvalue weighted by molar-refractivity contribution is 7.99. The number of anilines is 2. The Bertz CT molecular complexity index is 3110. The van der Waals surface area contributed by atoms with Crippen LogP contribution in [0.5, 0.6) is 0 Å². The Morgan fingerprint density at radius 1 is 0.769 bits per heavy atom. The van der Waals surface area contributed by atoms with Crippen molar-refractivity contribution in [1.29, 1.82) is 0 Å². The summed E-state index contributed by atoms with van der Waals surface area (Å²) in [5, 5.41) is 3.66. The molecule has 5 aromatic rings. The monoisotopic (exact) mass is 1180 g/mol. The van der Waals surface area contributed by atoms with E-state index in [1.165, 1.54) is 29.5 Å². The summed E-state index contributed by atoms with van der Waals surface area (Å²) >= 11 is 7.52. The summed E-state index contributed by atoms with van der Waals surface area (Å²) in [6.45, 7) is 12.2. The summed E-state index contributed by atoms with van der Waals surface area (Å²) in [4.78, 5) is 32.8. The molecule has 422 valence electrons. The Morgan fingerprint density at radius 2 is 1.40 bits per heavy atom. The van der Waals surface area contributed by atoms with Crippen molar-refractivity contribution in [2.24, 2.45) is 5.41 Å². The lowest BCUT2D eigenvalue weighted by molar-refractivity contribution is -0.160. The minimum absolute atomic E-state index is 0.0446. The fourth-order valence-corrected chi connectivity index (χ4v) is 13.5. The fourth-order valence-electron chi connectivity index (χ4n) is 8.73. The van der Waals surface area contributed by atoms with Gasteiger partial charge in [0.2, 0.25) is 6.79 Å². The number of sulfonamides is 1. The van der Waals surface area contributed by atoms with E-state index in [4.69, 9.17) is 25.4 Å². The van der Waals surface area contributed by atoms with Crippen molar-refractivity contribution in [3.05, 3.63) is 137 Å². The summed E-state index contributed by atoms with van der Waals surface area (Å²) < 4.78 is 129. The number of hydrogen-bond acceptors (Lipinski definition) is 16. The van der Waals surface area contributed by atoms with Crippen molar-refractivity contribution < 1.29 is 57.9 Å². The topological polar surface area (TPSA) is 184 Å². The van der Waals surface area contributed by atoms with Gasteiger partial charge in [-0.25, -0.2) is 21.6 Å². The first-order valence-corrected chi connectivity index (χ1v) is 31.4. The minimum atomic E-state index is -6.15. The number of nitrogens with one attached hydrogen (secondary N) is 2. The highest BCUT2D eigenvalue weighted by atomic mass is 35.5. The first-order valence-electron chi connectivity index (χ1n) is 25.3. The summed E-state index contributed by atoms with van der Waals surface area (Å²) in [5.41, 5.74) is -2.93. The molecule has 0 bridgehead atoms. The van der Waals surface area contributed by atoms with Gasteiger partial charge in [0.1, 0.15) is 11.2 Å². The second-order valence-corrected chi connectivity index (χ2v) is 27.0. The van der Waals surface area contributed by atoms with Gasteiger partial charge in [0.25, 0.3) is 25.8 Å². The molecule has 0 saturated carbocycles. The molecule has 2 aliphatic heterocycles. The number of piperazine rings is 2. The minimum Gasteiger partial charge on any atom is -0.438 e. The van der Waals surface area contributed by atoms with Gasteiger partial charge < -0.3 is 24.4 Å². The van der Waals surface area contributed by atoms with Crippen LogP contribution in [0.3, 0.4) is 0 Å². The van der Waals surface area contributed by atoms with E-state index < -0.39 is 78.6 Å². The molecule has 0 aromatic heterocycles. The van der Waals surface area contributed by atoms with Gasteiger partial charge in [-0.1, -0.05) is 66.2 Å². The second kappa shape index (κ2) is 26.5. The third-order valence-electron chi connectivity index (χ3n) is 13.1. The van der Waals surface area contributed by atoms with E-state index in [9.17, 15) is 44.2 Å².